The SMILES string of the molecule is COc1c(C)cnc(Cn2nc3c4c(nc(N)nc42)SCC(N(C)CC(N)=O)C32CC2)c1C. The predicted octanol–water partition coefficient (Wildman–Crippen LogP) is 1.40. The van der Waals surface area contributed by atoms with Crippen LogP contribution in [0.2, 0.25) is 0 Å². The summed E-state index contributed by atoms with van der Waals surface area (Å²) in [7, 11) is 3.62. The molecule has 1 aliphatic carbocycles. The number of pyridine rings is 1. The highest BCUT2D eigenvalue weighted by Crippen LogP contribution is 2.57. The summed E-state index contributed by atoms with van der Waals surface area (Å²) in [4.78, 5) is 27.5. The molecule has 2 aliphatic rings. The average Bonchev–Trinajstić information content (AvgIpc) is 3.48. The Bertz CT molecular complexity index is 1270. The Morgan fingerprint density at radius 3 is 2.79 bits per heavy atom. The zero-order valence-corrected chi connectivity index (χ0v) is 20.1. The van der Waals surface area contributed by atoms with Gasteiger partial charge in [0, 0.05) is 34.5 Å². The van der Waals surface area contributed by atoms with Crippen molar-refractivity contribution < 1.29 is 9.53 Å². The highest BCUT2D eigenvalue weighted by atomic mass is 32.2. The predicted molar refractivity (Wildman–Crippen MR) is 126 cm³/mol. The Morgan fingerprint density at radius 1 is 1.36 bits per heavy atom. The Balaban J connectivity index is 1.64. The van der Waals surface area contributed by atoms with Crippen molar-refractivity contribution in [2.75, 3.05) is 32.2 Å². The number of thioether (sulfide) groups is 1. The van der Waals surface area contributed by atoms with Crippen LogP contribution in [0.15, 0.2) is 11.2 Å². The largest absolute Gasteiger partial charge is 0.496 e. The summed E-state index contributed by atoms with van der Waals surface area (Å²) in [6, 6.07) is 0.108. The van der Waals surface area contributed by atoms with Crippen molar-refractivity contribution in [3.05, 3.63) is 28.7 Å². The van der Waals surface area contributed by atoms with Gasteiger partial charge in [-0.1, -0.05) is 0 Å². The Hall–Kier alpha value is -2.92. The molecule has 0 bridgehead atoms. The number of primary amides is 1. The van der Waals surface area contributed by atoms with E-state index < -0.39 is 0 Å². The number of aryl methyl sites for hydroxylation is 1. The van der Waals surface area contributed by atoms with Gasteiger partial charge in [0.1, 0.15) is 10.8 Å². The topological polar surface area (TPSA) is 138 Å². The number of likely N-dealkylation sites (N-methyl/N-ethyl adjacent to an activating group) is 1. The third-order valence-corrected chi connectivity index (χ3v) is 7.89. The molecule has 4 N–H and O–H groups in total. The van der Waals surface area contributed by atoms with E-state index in [4.69, 9.17) is 21.3 Å². The third kappa shape index (κ3) is 3.50. The van der Waals surface area contributed by atoms with Crippen LogP contribution in [0.1, 0.15) is 35.4 Å². The molecule has 4 heterocycles. The first-order chi connectivity index (χ1) is 15.7. The molecule has 1 spiro atoms. The second kappa shape index (κ2) is 7.84. The van der Waals surface area contributed by atoms with Crippen LogP contribution >= 0.6 is 11.8 Å². The number of amides is 1. The zero-order valence-electron chi connectivity index (χ0n) is 19.3. The van der Waals surface area contributed by atoms with E-state index in [1.165, 1.54) is 0 Å². The highest BCUT2D eigenvalue weighted by molar-refractivity contribution is 7.99. The number of carbonyl (C=O) groups is 1. The number of fused-ring (bicyclic) bond motifs is 1. The minimum absolute atomic E-state index is 0.108. The molecule has 1 amide bonds. The van der Waals surface area contributed by atoms with Gasteiger partial charge in [0.15, 0.2) is 5.65 Å². The van der Waals surface area contributed by atoms with E-state index in [-0.39, 0.29) is 29.9 Å². The summed E-state index contributed by atoms with van der Waals surface area (Å²) in [5, 5.41) is 6.88. The standard InChI is InChI=1S/C22H28N8O2S/c1-11-7-25-13(12(2)17(11)32-4)8-30-19-16-18(28-30)22(5-6-22)14(29(3)9-15(23)31)10-33-20(16)27-21(24)26-19/h7,14H,5-6,8-10H2,1-4H3,(H2,23,31)(H2,24,26,27). The summed E-state index contributed by atoms with van der Waals surface area (Å²) in [5.41, 5.74) is 16.0. The molecule has 1 atom stereocenters. The second-order valence-electron chi connectivity index (χ2n) is 9.00. The first-order valence-corrected chi connectivity index (χ1v) is 11.9. The number of aromatic nitrogens is 5. The molecule has 33 heavy (non-hydrogen) atoms. The van der Waals surface area contributed by atoms with Crippen LogP contribution in [-0.2, 0) is 16.8 Å². The van der Waals surface area contributed by atoms with Crippen LogP contribution in [0.5, 0.6) is 5.75 Å². The number of rotatable bonds is 6. The Labute approximate surface area is 196 Å². The molecule has 11 heteroatoms. The van der Waals surface area contributed by atoms with Crippen LogP contribution in [-0.4, -0.2) is 68.0 Å². The lowest BCUT2D eigenvalue weighted by Gasteiger charge is -2.32. The monoisotopic (exact) mass is 468 g/mol. The molecule has 0 saturated heterocycles. The first-order valence-electron chi connectivity index (χ1n) is 10.9. The number of hydrogen-bond donors (Lipinski definition) is 2. The molecular formula is C22H28N8O2S. The van der Waals surface area contributed by atoms with Crippen LogP contribution in [0.25, 0.3) is 11.0 Å². The highest BCUT2D eigenvalue weighted by Gasteiger charge is 2.56. The van der Waals surface area contributed by atoms with Crippen molar-refractivity contribution >= 4 is 34.7 Å². The molecule has 3 aromatic heterocycles. The van der Waals surface area contributed by atoms with Crippen LogP contribution in [0.4, 0.5) is 5.95 Å². The number of nitrogens with zero attached hydrogens (tertiary/aromatic N) is 6. The van der Waals surface area contributed by atoms with E-state index in [1.807, 2.05) is 36.7 Å². The van der Waals surface area contributed by atoms with E-state index in [2.05, 4.69) is 15.0 Å². The molecule has 1 saturated carbocycles. The maximum atomic E-state index is 11.6. The summed E-state index contributed by atoms with van der Waals surface area (Å²) >= 11 is 1.64. The fourth-order valence-corrected chi connectivity index (χ4v) is 6.46. The Morgan fingerprint density at radius 2 is 2.12 bits per heavy atom. The summed E-state index contributed by atoms with van der Waals surface area (Å²) < 4.78 is 7.47. The number of carbonyl (C=O) groups excluding carboxylic acids is 1. The quantitative estimate of drug-likeness (QED) is 0.514. The lowest BCUT2D eigenvalue weighted by molar-refractivity contribution is -0.119. The van der Waals surface area contributed by atoms with Crippen molar-refractivity contribution in [1.82, 2.24) is 29.6 Å². The molecule has 174 valence electrons. The maximum Gasteiger partial charge on any atom is 0.231 e. The van der Waals surface area contributed by atoms with Gasteiger partial charge < -0.3 is 16.2 Å². The summed E-state index contributed by atoms with van der Waals surface area (Å²) in [5.74, 6) is 1.49. The molecule has 1 aliphatic heterocycles. The molecule has 3 aromatic rings. The summed E-state index contributed by atoms with van der Waals surface area (Å²) in [6.45, 7) is 4.63. The molecule has 10 nitrogen and oxygen atoms in total. The maximum absolute atomic E-state index is 11.6. The van der Waals surface area contributed by atoms with Gasteiger partial charge in [0.05, 0.1) is 37.0 Å². The number of ether oxygens (including phenoxy) is 1. The number of nitrogen functional groups attached to an aromatic ring is 1. The molecular weight excluding hydrogens is 440 g/mol. The van der Waals surface area contributed by atoms with E-state index >= 15 is 0 Å². The van der Waals surface area contributed by atoms with Gasteiger partial charge in [-0.25, -0.2) is 9.67 Å². The van der Waals surface area contributed by atoms with Gasteiger partial charge in [-0.15, -0.1) is 11.8 Å². The molecule has 5 rings (SSSR count). The molecule has 1 fully saturated rings. The first kappa shape index (κ1) is 21.9. The van der Waals surface area contributed by atoms with Gasteiger partial charge in [-0.3, -0.25) is 14.7 Å². The smallest absolute Gasteiger partial charge is 0.231 e. The van der Waals surface area contributed by atoms with Crippen LogP contribution in [0, 0.1) is 13.8 Å². The lowest BCUT2D eigenvalue weighted by atomic mass is 9.91. The van der Waals surface area contributed by atoms with E-state index in [0.29, 0.717) is 12.2 Å². The normalized spacial score (nSPS) is 18.6. The number of anilines is 1. The number of nitrogens with two attached hydrogens (primary N) is 2. The number of hydrogen-bond acceptors (Lipinski definition) is 9. The van der Waals surface area contributed by atoms with E-state index in [1.54, 1.807) is 18.9 Å². The minimum Gasteiger partial charge on any atom is -0.496 e. The van der Waals surface area contributed by atoms with Crippen molar-refractivity contribution in [2.45, 2.75) is 49.7 Å². The van der Waals surface area contributed by atoms with Gasteiger partial charge in [0.25, 0.3) is 0 Å². The van der Waals surface area contributed by atoms with Gasteiger partial charge in [0.2, 0.25) is 11.9 Å². The molecule has 1 unspecified atom stereocenters. The minimum atomic E-state index is -0.338. The third-order valence-electron chi connectivity index (χ3n) is 6.84. The lowest BCUT2D eigenvalue weighted by Crippen LogP contribution is -2.46. The average molecular weight is 469 g/mol. The van der Waals surface area contributed by atoms with Crippen molar-refractivity contribution in [2.24, 2.45) is 5.73 Å². The fraction of sp³-hybridized carbons (Fsp3) is 0.500. The van der Waals surface area contributed by atoms with E-state index in [0.717, 1.165) is 57.3 Å². The number of methoxy groups -OCH3 is 1. The van der Waals surface area contributed by atoms with Gasteiger partial charge >= 0.3 is 0 Å². The second-order valence-corrected chi connectivity index (χ2v) is 10.0. The van der Waals surface area contributed by atoms with Crippen LogP contribution < -0.4 is 16.2 Å². The zero-order chi connectivity index (χ0) is 23.5. The van der Waals surface area contributed by atoms with Crippen molar-refractivity contribution in [3.63, 3.8) is 0 Å². The molecule has 0 radical (unpaired) electrons. The summed E-state index contributed by atoms with van der Waals surface area (Å²) in [6.07, 6.45) is 3.80. The molecule has 0 aromatic carbocycles. The van der Waals surface area contributed by atoms with Gasteiger partial charge in [-0.05, 0) is 33.7 Å². The Kier molecular flexibility index (Phi) is 5.20. The van der Waals surface area contributed by atoms with Crippen LogP contribution in [0.3, 0.4) is 0 Å². The van der Waals surface area contributed by atoms with Gasteiger partial charge in [-0.2, -0.15) is 10.1 Å². The fourth-order valence-electron chi connectivity index (χ4n) is 5.08. The van der Waals surface area contributed by atoms with Crippen molar-refractivity contribution in [3.8, 4) is 5.75 Å². The van der Waals surface area contributed by atoms with E-state index in [9.17, 15) is 4.79 Å². The van der Waals surface area contributed by atoms with Crippen molar-refractivity contribution in [1.29, 1.82) is 0 Å².